The Hall–Kier alpha value is -0.570. The molecule has 1 atom stereocenters. The van der Waals surface area contributed by atoms with Gasteiger partial charge in [0.2, 0.25) is 0 Å². The molecule has 2 aliphatic rings. The van der Waals surface area contributed by atoms with Crippen LogP contribution in [0.15, 0.2) is 0 Å². The standard InChI is InChI=1S/C15H27NO2/c1-3-6-15(14(17)18)7-9-16(10-8-15)12(2)11-13-4-5-13/h12-13H,3-11H2,1-2H3,(H,17,18). The van der Waals surface area contributed by atoms with Gasteiger partial charge < -0.3 is 10.0 Å². The van der Waals surface area contributed by atoms with Crippen molar-refractivity contribution in [3.8, 4) is 0 Å². The number of piperidine rings is 1. The fraction of sp³-hybridized carbons (Fsp3) is 0.933. The number of carbonyl (C=O) groups is 1. The summed E-state index contributed by atoms with van der Waals surface area (Å²) >= 11 is 0. The van der Waals surface area contributed by atoms with Crippen LogP contribution in [0.1, 0.15) is 58.8 Å². The van der Waals surface area contributed by atoms with Gasteiger partial charge in [-0.3, -0.25) is 4.79 Å². The third-order valence-electron chi connectivity index (χ3n) is 4.93. The van der Waals surface area contributed by atoms with Crippen LogP contribution in [0.4, 0.5) is 0 Å². The Bertz CT molecular complexity index is 291. The Balaban J connectivity index is 1.86. The zero-order valence-corrected chi connectivity index (χ0v) is 11.8. The first kappa shape index (κ1) is 13.9. The van der Waals surface area contributed by atoms with Gasteiger partial charge in [-0.25, -0.2) is 0 Å². The van der Waals surface area contributed by atoms with Gasteiger partial charge in [0.15, 0.2) is 0 Å². The molecule has 1 saturated carbocycles. The average molecular weight is 253 g/mol. The van der Waals surface area contributed by atoms with Crippen LogP contribution < -0.4 is 0 Å². The average Bonchev–Trinajstić information content (AvgIpc) is 3.14. The molecule has 2 fully saturated rings. The van der Waals surface area contributed by atoms with Crippen molar-refractivity contribution >= 4 is 5.97 Å². The number of hydrogen-bond acceptors (Lipinski definition) is 2. The molecule has 1 unspecified atom stereocenters. The maximum Gasteiger partial charge on any atom is 0.309 e. The summed E-state index contributed by atoms with van der Waals surface area (Å²) in [5.41, 5.74) is -0.426. The zero-order valence-electron chi connectivity index (χ0n) is 11.8. The van der Waals surface area contributed by atoms with Crippen molar-refractivity contribution in [3.05, 3.63) is 0 Å². The fourth-order valence-electron chi connectivity index (χ4n) is 3.43. The molecule has 0 bridgehead atoms. The van der Waals surface area contributed by atoms with E-state index >= 15 is 0 Å². The first-order valence-electron chi connectivity index (χ1n) is 7.55. The van der Waals surface area contributed by atoms with Gasteiger partial charge in [0.05, 0.1) is 5.41 Å². The maximum absolute atomic E-state index is 11.5. The third kappa shape index (κ3) is 3.05. The predicted molar refractivity (Wildman–Crippen MR) is 72.6 cm³/mol. The number of nitrogens with zero attached hydrogens (tertiary/aromatic N) is 1. The largest absolute Gasteiger partial charge is 0.481 e. The van der Waals surface area contributed by atoms with Crippen LogP contribution in [0.25, 0.3) is 0 Å². The van der Waals surface area contributed by atoms with Crippen molar-refractivity contribution in [2.24, 2.45) is 11.3 Å². The minimum absolute atomic E-state index is 0.426. The SMILES string of the molecule is CCCC1(C(=O)O)CCN(C(C)CC2CC2)CC1. The van der Waals surface area contributed by atoms with Gasteiger partial charge in [-0.15, -0.1) is 0 Å². The minimum Gasteiger partial charge on any atom is -0.481 e. The molecule has 2 rings (SSSR count). The van der Waals surface area contributed by atoms with Gasteiger partial charge in [0.25, 0.3) is 0 Å². The van der Waals surface area contributed by atoms with E-state index in [4.69, 9.17) is 0 Å². The second kappa shape index (κ2) is 5.60. The van der Waals surface area contributed by atoms with Gasteiger partial charge in [-0.1, -0.05) is 26.2 Å². The first-order valence-corrected chi connectivity index (χ1v) is 7.55. The molecule has 18 heavy (non-hydrogen) atoms. The van der Waals surface area contributed by atoms with Crippen molar-refractivity contribution < 1.29 is 9.90 Å². The van der Waals surface area contributed by atoms with E-state index in [2.05, 4.69) is 18.7 Å². The molecule has 0 amide bonds. The van der Waals surface area contributed by atoms with Gasteiger partial charge >= 0.3 is 5.97 Å². The highest BCUT2D eigenvalue weighted by molar-refractivity contribution is 5.74. The molecule has 1 N–H and O–H groups in total. The van der Waals surface area contributed by atoms with E-state index in [-0.39, 0.29) is 0 Å². The monoisotopic (exact) mass is 253 g/mol. The van der Waals surface area contributed by atoms with Gasteiger partial charge in [-0.2, -0.15) is 0 Å². The van der Waals surface area contributed by atoms with Crippen LogP contribution in [0, 0.1) is 11.3 Å². The second-order valence-corrected chi connectivity index (χ2v) is 6.40. The van der Waals surface area contributed by atoms with Crippen LogP contribution in [0.3, 0.4) is 0 Å². The smallest absolute Gasteiger partial charge is 0.309 e. The number of carboxylic acids is 1. The van der Waals surface area contributed by atoms with E-state index in [1.165, 1.54) is 19.3 Å². The van der Waals surface area contributed by atoms with Crippen molar-refractivity contribution in [1.82, 2.24) is 4.90 Å². The summed E-state index contributed by atoms with van der Waals surface area (Å²) in [6.45, 7) is 6.35. The van der Waals surface area contributed by atoms with E-state index in [1.54, 1.807) is 0 Å². The second-order valence-electron chi connectivity index (χ2n) is 6.40. The topological polar surface area (TPSA) is 40.5 Å². The quantitative estimate of drug-likeness (QED) is 0.790. The van der Waals surface area contributed by atoms with Crippen LogP contribution in [0.5, 0.6) is 0 Å². The molecule has 0 aromatic rings. The molecule has 1 aliphatic carbocycles. The summed E-state index contributed by atoms with van der Waals surface area (Å²) in [6.07, 6.45) is 7.63. The number of carboxylic acid groups (broad SMARTS) is 1. The maximum atomic E-state index is 11.5. The highest BCUT2D eigenvalue weighted by Crippen LogP contribution is 2.39. The molecule has 3 heteroatoms. The van der Waals surface area contributed by atoms with E-state index in [0.29, 0.717) is 6.04 Å². The van der Waals surface area contributed by atoms with Crippen molar-refractivity contribution in [1.29, 1.82) is 0 Å². The highest BCUT2D eigenvalue weighted by Gasteiger charge is 2.41. The number of hydrogen-bond donors (Lipinski definition) is 1. The van der Waals surface area contributed by atoms with Gasteiger partial charge in [0.1, 0.15) is 0 Å². The number of rotatable bonds is 6. The summed E-state index contributed by atoms with van der Waals surface area (Å²) in [6, 6.07) is 0.644. The molecule has 104 valence electrons. The molecule has 1 saturated heterocycles. The molecule has 1 aliphatic heterocycles. The van der Waals surface area contributed by atoms with Crippen LogP contribution >= 0.6 is 0 Å². The molecule has 3 nitrogen and oxygen atoms in total. The minimum atomic E-state index is -0.571. The summed E-state index contributed by atoms with van der Waals surface area (Å²) < 4.78 is 0. The molecular weight excluding hydrogens is 226 g/mol. The summed E-state index contributed by atoms with van der Waals surface area (Å²) in [5.74, 6) is 0.389. The lowest BCUT2D eigenvalue weighted by Gasteiger charge is -2.41. The van der Waals surface area contributed by atoms with E-state index in [9.17, 15) is 9.90 Å². The van der Waals surface area contributed by atoms with Crippen molar-refractivity contribution in [2.75, 3.05) is 13.1 Å². The lowest BCUT2D eigenvalue weighted by molar-refractivity contribution is -0.153. The number of likely N-dealkylation sites (tertiary alicyclic amines) is 1. The van der Waals surface area contributed by atoms with Gasteiger partial charge in [-0.05, 0) is 51.6 Å². The van der Waals surface area contributed by atoms with Gasteiger partial charge in [0, 0.05) is 6.04 Å². The zero-order chi connectivity index (χ0) is 13.2. The first-order chi connectivity index (χ1) is 8.57. The molecule has 0 spiro atoms. The third-order valence-corrected chi connectivity index (χ3v) is 4.93. The van der Waals surface area contributed by atoms with E-state index in [0.717, 1.165) is 44.7 Å². The molecule has 1 heterocycles. The summed E-state index contributed by atoms with van der Waals surface area (Å²) in [5, 5.41) is 9.48. The summed E-state index contributed by atoms with van der Waals surface area (Å²) in [4.78, 5) is 14.0. The number of aliphatic carboxylic acids is 1. The lowest BCUT2D eigenvalue weighted by atomic mass is 9.74. The molecule has 0 aromatic heterocycles. The Morgan fingerprint density at radius 2 is 2.00 bits per heavy atom. The molecular formula is C15H27NO2. The predicted octanol–water partition coefficient (Wildman–Crippen LogP) is 3.14. The lowest BCUT2D eigenvalue weighted by Crippen LogP contribution is -2.47. The Kier molecular flexibility index (Phi) is 4.31. The van der Waals surface area contributed by atoms with E-state index < -0.39 is 11.4 Å². The fourth-order valence-corrected chi connectivity index (χ4v) is 3.43. The normalized spacial score (nSPS) is 25.9. The van der Waals surface area contributed by atoms with Crippen LogP contribution in [-0.4, -0.2) is 35.1 Å². The Morgan fingerprint density at radius 1 is 1.39 bits per heavy atom. The van der Waals surface area contributed by atoms with E-state index in [1.807, 2.05) is 0 Å². The van der Waals surface area contributed by atoms with Crippen molar-refractivity contribution in [2.45, 2.75) is 64.8 Å². The van der Waals surface area contributed by atoms with Crippen LogP contribution in [-0.2, 0) is 4.79 Å². The summed E-state index contributed by atoms with van der Waals surface area (Å²) in [7, 11) is 0. The Labute approximate surface area is 111 Å². The molecule has 0 aromatic carbocycles. The van der Waals surface area contributed by atoms with Crippen molar-refractivity contribution in [3.63, 3.8) is 0 Å². The van der Waals surface area contributed by atoms with Crippen LogP contribution in [0.2, 0.25) is 0 Å². The molecule has 0 radical (unpaired) electrons. The Morgan fingerprint density at radius 3 is 2.44 bits per heavy atom. The highest BCUT2D eigenvalue weighted by atomic mass is 16.4.